The van der Waals surface area contributed by atoms with Crippen molar-refractivity contribution in [3.8, 4) is 0 Å². The monoisotopic (exact) mass is 426 g/mol. The minimum absolute atomic E-state index is 0.00650. The van der Waals surface area contributed by atoms with Crippen LogP contribution in [-0.4, -0.2) is 57.6 Å². The van der Waals surface area contributed by atoms with Crippen LogP contribution in [0.5, 0.6) is 0 Å². The second-order valence-corrected chi connectivity index (χ2v) is 9.59. The standard InChI is InChI=1S/C17H22N4O5S2/c1-10(2)14(17(23)24)18-16(22)11-5-4-8-21(9-11)28(25,26)13-7-3-6-12-15(13)20-27-19-12/h3,6-7,10-11,14H,4-5,8-9H2,1-2H3,(H,18,22)(H,23,24)/t11-,14-/m0/s1. The van der Waals surface area contributed by atoms with Gasteiger partial charge in [0.1, 0.15) is 22.0 Å². The number of nitrogens with one attached hydrogen (secondary N) is 1. The number of fused-ring (bicyclic) bond motifs is 1. The number of nitrogens with zero attached hydrogens (tertiary/aromatic N) is 3. The molecule has 2 aromatic rings. The van der Waals surface area contributed by atoms with Crippen molar-refractivity contribution >= 4 is 44.7 Å². The fourth-order valence-corrected chi connectivity index (χ4v) is 5.56. The molecule has 0 aliphatic carbocycles. The maximum absolute atomic E-state index is 13.1. The Balaban J connectivity index is 1.80. The zero-order valence-electron chi connectivity index (χ0n) is 15.5. The average Bonchev–Trinajstić information content (AvgIpc) is 3.14. The van der Waals surface area contributed by atoms with Crippen LogP contribution < -0.4 is 5.32 Å². The second kappa shape index (κ2) is 8.10. The lowest BCUT2D eigenvalue weighted by Gasteiger charge is -2.32. The lowest BCUT2D eigenvalue weighted by atomic mass is 9.97. The van der Waals surface area contributed by atoms with Gasteiger partial charge in [0.15, 0.2) is 0 Å². The van der Waals surface area contributed by atoms with E-state index in [1.54, 1.807) is 26.0 Å². The number of carboxylic acid groups (broad SMARTS) is 1. The number of rotatable bonds is 6. The van der Waals surface area contributed by atoms with E-state index < -0.39 is 33.9 Å². The summed E-state index contributed by atoms with van der Waals surface area (Å²) in [6.45, 7) is 3.72. The van der Waals surface area contributed by atoms with Crippen LogP contribution in [0.4, 0.5) is 0 Å². The Labute approximate surface area is 167 Å². The molecule has 1 amide bonds. The van der Waals surface area contributed by atoms with E-state index >= 15 is 0 Å². The Morgan fingerprint density at radius 3 is 2.75 bits per heavy atom. The van der Waals surface area contributed by atoms with E-state index in [2.05, 4.69) is 14.1 Å². The molecule has 3 rings (SSSR count). The van der Waals surface area contributed by atoms with Gasteiger partial charge in [-0.3, -0.25) is 4.79 Å². The molecule has 11 heteroatoms. The summed E-state index contributed by atoms with van der Waals surface area (Å²) in [5, 5.41) is 11.8. The van der Waals surface area contributed by atoms with Gasteiger partial charge in [0.25, 0.3) is 0 Å². The summed E-state index contributed by atoms with van der Waals surface area (Å²) in [5.41, 5.74) is 0.837. The number of carbonyl (C=O) groups excluding carboxylic acids is 1. The first kappa shape index (κ1) is 20.6. The van der Waals surface area contributed by atoms with Crippen molar-refractivity contribution in [2.24, 2.45) is 11.8 Å². The minimum atomic E-state index is -3.84. The molecule has 1 aromatic heterocycles. The van der Waals surface area contributed by atoms with Gasteiger partial charge in [0.2, 0.25) is 15.9 Å². The Bertz CT molecular complexity index is 988. The van der Waals surface area contributed by atoms with Crippen LogP contribution in [0.15, 0.2) is 23.1 Å². The molecule has 0 bridgehead atoms. The highest BCUT2D eigenvalue weighted by atomic mass is 32.2. The third kappa shape index (κ3) is 4.01. The van der Waals surface area contributed by atoms with Crippen molar-refractivity contribution in [2.75, 3.05) is 13.1 Å². The zero-order chi connectivity index (χ0) is 20.5. The minimum Gasteiger partial charge on any atom is -0.480 e. The molecule has 152 valence electrons. The summed E-state index contributed by atoms with van der Waals surface area (Å²) in [7, 11) is -3.84. The molecule has 0 spiro atoms. The first-order valence-corrected chi connectivity index (χ1v) is 11.1. The molecule has 1 aliphatic rings. The highest BCUT2D eigenvalue weighted by Crippen LogP contribution is 2.28. The summed E-state index contributed by atoms with van der Waals surface area (Å²) in [6, 6.07) is 3.80. The van der Waals surface area contributed by atoms with Crippen LogP contribution in [0.1, 0.15) is 26.7 Å². The topological polar surface area (TPSA) is 130 Å². The fourth-order valence-electron chi connectivity index (χ4n) is 3.29. The number of amides is 1. The first-order chi connectivity index (χ1) is 13.2. The van der Waals surface area contributed by atoms with Gasteiger partial charge in [-0.2, -0.15) is 13.1 Å². The number of hydrogen-bond donors (Lipinski definition) is 2. The zero-order valence-corrected chi connectivity index (χ0v) is 17.2. The lowest BCUT2D eigenvalue weighted by Crippen LogP contribution is -2.50. The average molecular weight is 427 g/mol. The quantitative estimate of drug-likeness (QED) is 0.712. The van der Waals surface area contributed by atoms with Crippen molar-refractivity contribution < 1.29 is 23.1 Å². The Morgan fingerprint density at radius 2 is 2.07 bits per heavy atom. The lowest BCUT2D eigenvalue weighted by molar-refractivity contribution is -0.144. The van der Waals surface area contributed by atoms with E-state index in [-0.39, 0.29) is 17.4 Å². The Kier molecular flexibility index (Phi) is 5.96. The molecule has 2 N–H and O–H groups in total. The summed E-state index contributed by atoms with van der Waals surface area (Å²) >= 11 is 0.945. The third-order valence-electron chi connectivity index (χ3n) is 4.85. The number of sulfonamides is 1. The van der Waals surface area contributed by atoms with Gasteiger partial charge in [-0.05, 0) is 30.9 Å². The molecule has 0 radical (unpaired) electrons. The fraction of sp³-hybridized carbons (Fsp3) is 0.529. The molecule has 1 saturated heterocycles. The van der Waals surface area contributed by atoms with Gasteiger partial charge in [-0.1, -0.05) is 19.9 Å². The Morgan fingerprint density at radius 1 is 1.32 bits per heavy atom. The molecule has 1 aromatic carbocycles. The normalized spacial score (nSPS) is 19.6. The van der Waals surface area contributed by atoms with Crippen molar-refractivity contribution in [3.63, 3.8) is 0 Å². The number of hydrogen-bond acceptors (Lipinski definition) is 7. The summed E-state index contributed by atoms with van der Waals surface area (Å²) < 4.78 is 35.7. The summed E-state index contributed by atoms with van der Waals surface area (Å²) in [4.78, 5) is 24.0. The predicted molar refractivity (Wildman–Crippen MR) is 103 cm³/mol. The van der Waals surface area contributed by atoms with Crippen molar-refractivity contribution in [1.29, 1.82) is 0 Å². The number of aromatic nitrogens is 2. The molecular formula is C17H22N4O5S2. The van der Waals surface area contributed by atoms with Crippen LogP contribution >= 0.6 is 11.7 Å². The number of benzene rings is 1. The third-order valence-corrected chi connectivity index (χ3v) is 7.29. The maximum atomic E-state index is 13.1. The molecule has 1 aliphatic heterocycles. The van der Waals surface area contributed by atoms with E-state index in [1.807, 2.05) is 0 Å². The largest absolute Gasteiger partial charge is 0.480 e. The van der Waals surface area contributed by atoms with E-state index in [1.165, 1.54) is 10.4 Å². The van der Waals surface area contributed by atoms with Gasteiger partial charge < -0.3 is 10.4 Å². The highest BCUT2D eigenvalue weighted by Gasteiger charge is 2.36. The molecule has 0 unspecified atom stereocenters. The predicted octanol–water partition coefficient (Wildman–Crippen LogP) is 1.32. The number of carboxylic acids is 1. The maximum Gasteiger partial charge on any atom is 0.326 e. The smallest absolute Gasteiger partial charge is 0.326 e. The van der Waals surface area contributed by atoms with Gasteiger partial charge in [-0.15, -0.1) is 0 Å². The van der Waals surface area contributed by atoms with Gasteiger partial charge in [0.05, 0.1) is 17.6 Å². The molecular weight excluding hydrogens is 404 g/mol. The second-order valence-electron chi connectivity index (χ2n) is 7.16. The SMILES string of the molecule is CC(C)[C@H](NC(=O)[C@H]1CCCN(S(=O)(=O)c2cccc3nsnc23)C1)C(=O)O. The molecule has 28 heavy (non-hydrogen) atoms. The molecule has 2 atom stereocenters. The van der Waals surface area contributed by atoms with Crippen LogP contribution in [0.3, 0.4) is 0 Å². The van der Waals surface area contributed by atoms with Crippen LogP contribution in [-0.2, 0) is 19.6 Å². The molecule has 9 nitrogen and oxygen atoms in total. The summed E-state index contributed by atoms with van der Waals surface area (Å²) in [5.74, 6) is -2.42. The van der Waals surface area contributed by atoms with E-state index in [4.69, 9.17) is 0 Å². The van der Waals surface area contributed by atoms with Gasteiger partial charge >= 0.3 is 5.97 Å². The number of piperidine rings is 1. The number of aliphatic carboxylic acids is 1. The van der Waals surface area contributed by atoms with Gasteiger partial charge in [-0.25, -0.2) is 13.2 Å². The van der Waals surface area contributed by atoms with Crippen molar-refractivity contribution in [1.82, 2.24) is 18.4 Å². The van der Waals surface area contributed by atoms with Gasteiger partial charge in [0, 0.05) is 13.1 Å². The van der Waals surface area contributed by atoms with E-state index in [9.17, 15) is 23.1 Å². The highest BCUT2D eigenvalue weighted by molar-refractivity contribution is 7.89. The number of carbonyl (C=O) groups is 2. The Hall–Kier alpha value is -2.11. The van der Waals surface area contributed by atoms with E-state index in [0.29, 0.717) is 30.4 Å². The summed E-state index contributed by atoms with van der Waals surface area (Å²) in [6.07, 6.45) is 1.02. The molecule has 2 heterocycles. The van der Waals surface area contributed by atoms with Crippen LogP contribution in [0.25, 0.3) is 11.0 Å². The van der Waals surface area contributed by atoms with Crippen molar-refractivity contribution in [2.45, 2.75) is 37.6 Å². The van der Waals surface area contributed by atoms with Crippen molar-refractivity contribution in [3.05, 3.63) is 18.2 Å². The molecule has 0 saturated carbocycles. The van der Waals surface area contributed by atoms with Crippen LogP contribution in [0.2, 0.25) is 0 Å². The first-order valence-electron chi connectivity index (χ1n) is 8.96. The van der Waals surface area contributed by atoms with Crippen LogP contribution in [0, 0.1) is 11.8 Å². The molecule has 1 fully saturated rings. The van der Waals surface area contributed by atoms with E-state index in [0.717, 1.165) is 11.7 Å².